The van der Waals surface area contributed by atoms with Crippen LogP contribution < -0.4 is 5.32 Å². The van der Waals surface area contributed by atoms with Gasteiger partial charge in [-0.2, -0.15) is 5.10 Å². The van der Waals surface area contributed by atoms with E-state index in [1.807, 2.05) is 0 Å². The van der Waals surface area contributed by atoms with Crippen LogP contribution in [-0.4, -0.2) is 34.9 Å². The largest absolute Gasteiger partial charge is 0.376 e. The number of aromatic nitrogens is 2. The van der Waals surface area contributed by atoms with Gasteiger partial charge in [-0.15, -0.1) is 0 Å². The van der Waals surface area contributed by atoms with Crippen LogP contribution in [0.2, 0.25) is 0 Å². The van der Waals surface area contributed by atoms with Crippen molar-refractivity contribution in [1.29, 1.82) is 0 Å². The highest BCUT2D eigenvalue weighted by atomic mass is 19.3. The van der Waals surface area contributed by atoms with Crippen molar-refractivity contribution < 1.29 is 18.3 Å². The normalized spacial score (nSPS) is 19.1. The molecule has 0 aliphatic carbocycles. The highest BCUT2D eigenvalue weighted by molar-refractivity contribution is 5.75. The first-order valence-corrected chi connectivity index (χ1v) is 6.27. The molecule has 0 spiro atoms. The van der Waals surface area contributed by atoms with Gasteiger partial charge in [0, 0.05) is 18.8 Å². The summed E-state index contributed by atoms with van der Waals surface area (Å²) in [5.41, 5.74) is 0.243. The smallest absolute Gasteiger partial charge is 0.282 e. The summed E-state index contributed by atoms with van der Waals surface area (Å²) in [6.45, 7) is 2.79. The van der Waals surface area contributed by atoms with Gasteiger partial charge < -0.3 is 10.1 Å². The van der Waals surface area contributed by atoms with Crippen molar-refractivity contribution in [3.8, 4) is 0 Å². The highest BCUT2D eigenvalue weighted by Crippen LogP contribution is 2.17. The van der Waals surface area contributed by atoms with Crippen molar-refractivity contribution in [2.45, 2.75) is 38.8 Å². The predicted molar refractivity (Wildman–Crippen MR) is 63.9 cm³/mol. The number of ether oxygens (including phenoxy) is 1. The van der Waals surface area contributed by atoms with Crippen LogP contribution in [0, 0.1) is 6.92 Å². The number of carbonyl (C=O) groups is 1. The molecule has 1 N–H and O–H groups in total. The molecule has 1 atom stereocenters. The van der Waals surface area contributed by atoms with Crippen molar-refractivity contribution in [3.05, 3.63) is 17.5 Å². The lowest BCUT2D eigenvalue weighted by atomic mass is 10.2. The molecule has 1 aromatic heterocycles. The summed E-state index contributed by atoms with van der Waals surface area (Å²) >= 11 is 0. The Morgan fingerprint density at radius 3 is 3.05 bits per heavy atom. The molecule has 0 saturated carbocycles. The Morgan fingerprint density at radius 2 is 2.47 bits per heavy atom. The van der Waals surface area contributed by atoms with Gasteiger partial charge in [0.15, 0.2) is 0 Å². The second-order valence-electron chi connectivity index (χ2n) is 4.61. The van der Waals surface area contributed by atoms with Crippen LogP contribution >= 0.6 is 0 Å². The fourth-order valence-electron chi connectivity index (χ4n) is 2.03. The summed E-state index contributed by atoms with van der Waals surface area (Å²) in [7, 11) is 0. The summed E-state index contributed by atoms with van der Waals surface area (Å²) < 4.78 is 31.6. The molecular formula is C12H17F2N3O2. The van der Waals surface area contributed by atoms with Crippen LogP contribution in [0.15, 0.2) is 6.07 Å². The molecule has 0 bridgehead atoms. The van der Waals surface area contributed by atoms with Gasteiger partial charge in [0.25, 0.3) is 6.43 Å². The molecule has 1 aliphatic rings. The second-order valence-corrected chi connectivity index (χ2v) is 4.61. The number of hydrogen-bond acceptors (Lipinski definition) is 3. The summed E-state index contributed by atoms with van der Waals surface area (Å²) in [5.74, 6) is -0.248. The maximum Gasteiger partial charge on any atom is 0.282 e. The molecule has 1 amide bonds. The molecule has 7 heteroatoms. The van der Waals surface area contributed by atoms with Gasteiger partial charge in [-0.25, -0.2) is 8.78 Å². The van der Waals surface area contributed by atoms with E-state index in [0.717, 1.165) is 19.4 Å². The molecule has 1 unspecified atom stereocenters. The van der Waals surface area contributed by atoms with Gasteiger partial charge in [0.1, 0.15) is 12.2 Å². The third-order valence-electron chi connectivity index (χ3n) is 3.07. The van der Waals surface area contributed by atoms with Gasteiger partial charge in [0.05, 0.1) is 6.10 Å². The minimum absolute atomic E-state index is 0.0503. The molecular weight excluding hydrogens is 256 g/mol. The van der Waals surface area contributed by atoms with E-state index in [1.165, 1.54) is 10.7 Å². The van der Waals surface area contributed by atoms with E-state index < -0.39 is 6.43 Å². The molecule has 1 fully saturated rings. The first-order valence-electron chi connectivity index (χ1n) is 6.27. The van der Waals surface area contributed by atoms with Crippen molar-refractivity contribution in [3.63, 3.8) is 0 Å². The lowest BCUT2D eigenvalue weighted by Gasteiger charge is -2.11. The van der Waals surface area contributed by atoms with Gasteiger partial charge >= 0.3 is 0 Å². The fourth-order valence-corrected chi connectivity index (χ4v) is 2.03. The minimum Gasteiger partial charge on any atom is -0.376 e. The summed E-state index contributed by atoms with van der Waals surface area (Å²) in [4.78, 5) is 11.7. The number of amides is 1. The van der Waals surface area contributed by atoms with Crippen LogP contribution in [0.4, 0.5) is 8.78 Å². The van der Waals surface area contributed by atoms with Crippen LogP contribution in [-0.2, 0) is 16.1 Å². The Morgan fingerprint density at radius 1 is 1.68 bits per heavy atom. The Labute approximate surface area is 109 Å². The summed E-state index contributed by atoms with van der Waals surface area (Å²) in [6.07, 6.45) is -0.595. The Hall–Kier alpha value is -1.50. The summed E-state index contributed by atoms with van der Waals surface area (Å²) in [5, 5.41) is 6.43. The third-order valence-corrected chi connectivity index (χ3v) is 3.07. The molecule has 106 valence electrons. The SMILES string of the molecule is Cc1cc(C(F)F)nn1CC(=O)NCC1CCCO1. The average molecular weight is 273 g/mol. The first kappa shape index (κ1) is 13.9. The van der Waals surface area contributed by atoms with Crippen molar-refractivity contribution in [1.82, 2.24) is 15.1 Å². The topological polar surface area (TPSA) is 56.2 Å². The van der Waals surface area contributed by atoms with E-state index >= 15 is 0 Å². The summed E-state index contributed by atoms with van der Waals surface area (Å²) in [6, 6.07) is 1.29. The van der Waals surface area contributed by atoms with E-state index in [0.29, 0.717) is 12.2 Å². The van der Waals surface area contributed by atoms with Crippen LogP contribution in [0.1, 0.15) is 30.7 Å². The number of carbonyl (C=O) groups excluding carboxylic acids is 1. The van der Waals surface area contributed by atoms with Gasteiger partial charge in [-0.3, -0.25) is 9.48 Å². The maximum absolute atomic E-state index is 12.5. The number of alkyl halides is 2. The first-order chi connectivity index (χ1) is 9.06. The number of nitrogens with zero attached hydrogens (tertiary/aromatic N) is 2. The highest BCUT2D eigenvalue weighted by Gasteiger charge is 2.18. The zero-order chi connectivity index (χ0) is 13.8. The Balaban J connectivity index is 1.84. The number of aryl methyl sites for hydroxylation is 1. The van der Waals surface area contributed by atoms with Crippen molar-refractivity contribution in [2.75, 3.05) is 13.2 Å². The zero-order valence-electron chi connectivity index (χ0n) is 10.7. The standard InChI is InChI=1S/C12H17F2N3O2/c1-8-5-10(12(13)14)16-17(8)7-11(18)15-6-9-3-2-4-19-9/h5,9,12H,2-4,6-7H2,1H3,(H,15,18). The van der Waals surface area contributed by atoms with Crippen LogP contribution in [0.25, 0.3) is 0 Å². The van der Waals surface area contributed by atoms with Gasteiger partial charge in [0.2, 0.25) is 5.91 Å². The zero-order valence-corrected chi connectivity index (χ0v) is 10.7. The fraction of sp³-hybridized carbons (Fsp3) is 0.667. The lowest BCUT2D eigenvalue weighted by Crippen LogP contribution is -2.34. The Bertz CT molecular complexity index is 442. The maximum atomic E-state index is 12.5. The predicted octanol–water partition coefficient (Wildman–Crippen LogP) is 1.42. The molecule has 0 aromatic carbocycles. The molecule has 1 aromatic rings. The molecule has 1 saturated heterocycles. The van der Waals surface area contributed by atoms with E-state index in [1.54, 1.807) is 6.92 Å². The molecule has 1 aliphatic heterocycles. The number of nitrogens with one attached hydrogen (secondary N) is 1. The number of hydrogen-bond donors (Lipinski definition) is 1. The van der Waals surface area contributed by atoms with Crippen LogP contribution in [0.5, 0.6) is 0 Å². The number of rotatable bonds is 5. The number of halogens is 2. The molecule has 2 rings (SSSR count). The average Bonchev–Trinajstić information content (AvgIpc) is 2.97. The van der Waals surface area contributed by atoms with E-state index in [9.17, 15) is 13.6 Å². The van der Waals surface area contributed by atoms with E-state index in [2.05, 4.69) is 10.4 Å². The monoisotopic (exact) mass is 273 g/mol. The minimum atomic E-state index is -2.62. The lowest BCUT2D eigenvalue weighted by molar-refractivity contribution is -0.122. The quantitative estimate of drug-likeness (QED) is 0.883. The Kier molecular flexibility index (Phi) is 4.47. The second kappa shape index (κ2) is 6.10. The van der Waals surface area contributed by atoms with Crippen LogP contribution in [0.3, 0.4) is 0 Å². The molecule has 5 nitrogen and oxygen atoms in total. The molecule has 0 radical (unpaired) electrons. The van der Waals surface area contributed by atoms with Crippen molar-refractivity contribution >= 4 is 5.91 Å². The van der Waals surface area contributed by atoms with Crippen molar-refractivity contribution in [2.24, 2.45) is 0 Å². The molecule has 2 heterocycles. The third kappa shape index (κ3) is 3.73. The van der Waals surface area contributed by atoms with E-state index in [4.69, 9.17) is 4.74 Å². The van der Waals surface area contributed by atoms with Gasteiger partial charge in [-0.1, -0.05) is 0 Å². The van der Waals surface area contributed by atoms with E-state index in [-0.39, 0.29) is 24.2 Å². The molecule has 19 heavy (non-hydrogen) atoms. The van der Waals surface area contributed by atoms with Gasteiger partial charge in [-0.05, 0) is 25.8 Å².